The van der Waals surface area contributed by atoms with Gasteiger partial charge in [0.2, 0.25) is 0 Å². The molecule has 0 fully saturated rings. The first-order chi connectivity index (χ1) is 4.12. The lowest BCUT2D eigenvalue weighted by Crippen LogP contribution is -2.07. The molecule has 0 saturated heterocycles. The van der Waals surface area contributed by atoms with E-state index in [1.165, 1.54) is 6.26 Å². The standard InChI is InChI=1S/C5H7N2OP/c1-5(2,3-6)9-8-4-7/h9H,1-2H3. The molecule has 0 N–H and O–H groups in total. The summed E-state index contributed by atoms with van der Waals surface area (Å²) in [5.41, 5.74) is 0. The van der Waals surface area contributed by atoms with Crippen molar-refractivity contribution in [3.63, 3.8) is 0 Å². The van der Waals surface area contributed by atoms with E-state index in [-0.39, 0.29) is 8.81 Å². The van der Waals surface area contributed by atoms with Crippen LogP contribution in [-0.4, -0.2) is 5.16 Å². The Hall–Kier alpha value is -0.790. The monoisotopic (exact) mass is 142 g/mol. The maximum Gasteiger partial charge on any atom is 0.288 e. The van der Waals surface area contributed by atoms with Gasteiger partial charge in [0.25, 0.3) is 6.26 Å². The summed E-state index contributed by atoms with van der Waals surface area (Å²) < 4.78 is 4.40. The van der Waals surface area contributed by atoms with Gasteiger partial charge in [-0.15, -0.1) is 0 Å². The van der Waals surface area contributed by atoms with Crippen LogP contribution in [0.2, 0.25) is 0 Å². The number of hydrogen-bond acceptors (Lipinski definition) is 3. The maximum atomic E-state index is 8.39. The van der Waals surface area contributed by atoms with Crippen LogP contribution in [0.3, 0.4) is 0 Å². The number of nitriles is 2. The molecule has 0 saturated carbocycles. The van der Waals surface area contributed by atoms with Gasteiger partial charge in [-0.2, -0.15) is 10.5 Å². The number of nitrogens with zero attached hydrogens (tertiary/aromatic N) is 2. The van der Waals surface area contributed by atoms with Crippen molar-refractivity contribution >= 4 is 8.81 Å². The van der Waals surface area contributed by atoms with Gasteiger partial charge in [0, 0.05) is 0 Å². The summed E-state index contributed by atoms with van der Waals surface area (Å²) in [5, 5.41) is 15.8. The van der Waals surface area contributed by atoms with Gasteiger partial charge in [0.1, 0.15) is 14.0 Å². The number of hydrogen-bond donors (Lipinski definition) is 0. The van der Waals surface area contributed by atoms with Crippen molar-refractivity contribution in [3.05, 3.63) is 0 Å². The third-order valence-electron chi connectivity index (χ3n) is 0.631. The Labute approximate surface area is 56.1 Å². The van der Waals surface area contributed by atoms with Crippen LogP contribution in [0.25, 0.3) is 0 Å². The molecule has 0 amide bonds. The molecule has 0 aliphatic carbocycles. The fourth-order valence-electron chi connectivity index (χ4n) is 0.173. The molecule has 1 atom stereocenters. The number of rotatable bonds is 2. The van der Waals surface area contributed by atoms with E-state index in [0.717, 1.165) is 0 Å². The molecular weight excluding hydrogens is 135 g/mol. The van der Waals surface area contributed by atoms with E-state index in [1.807, 2.05) is 6.07 Å². The minimum absolute atomic E-state index is 0.0633. The summed E-state index contributed by atoms with van der Waals surface area (Å²) in [6.45, 7) is 3.45. The Balaban J connectivity index is 3.65. The largest absolute Gasteiger partial charge is 0.409 e. The molecule has 0 radical (unpaired) electrons. The van der Waals surface area contributed by atoms with E-state index in [2.05, 4.69) is 4.52 Å². The van der Waals surface area contributed by atoms with E-state index in [1.54, 1.807) is 13.8 Å². The van der Waals surface area contributed by atoms with Gasteiger partial charge in [-0.3, -0.25) is 0 Å². The van der Waals surface area contributed by atoms with Crippen molar-refractivity contribution in [2.75, 3.05) is 0 Å². The van der Waals surface area contributed by atoms with Crippen molar-refractivity contribution in [2.45, 2.75) is 19.0 Å². The molecule has 1 unspecified atom stereocenters. The summed E-state index contributed by atoms with van der Waals surface area (Å²) in [6, 6.07) is 2.01. The van der Waals surface area contributed by atoms with Gasteiger partial charge in [-0.05, 0) is 13.8 Å². The average molecular weight is 142 g/mol. The molecular formula is C5H7N2OP. The Bertz CT molecular complexity index is 165. The highest BCUT2D eigenvalue weighted by Gasteiger charge is 2.17. The smallest absolute Gasteiger partial charge is 0.288 e. The molecule has 0 heterocycles. The van der Waals surface area contributed by atoms with Crippen LogP contribution in [0.1, 0.15) is 13.8 Å². The van der Waals surface area contributed by atoms with E-state index in [0.29, 0.717) is 0 Å². The Morgan fingerprint density at radius 2 is 2.00 bits per heavy atom. The molecule has 0 rings (SSSR count). The van der Waals surface area contributed by atoms with Crippen LogP contribution in [0.5, 0.6) is 0 Å². The van der Waals surface area contributed by atoms with E-state index in [9.17, 15) is 0 Å². The Kier molecular flexibility index (Phi) is 2.99. The normalized spacial score (nSPS) is 10.7. The van der Waals surface area contributed by atoms with Gasteiger partial charge in [0.15, 0.2) is 0 Å². The van der Waals surface area contributed by atoms with Gasteiger partial charge in [-0.1, -0.05) is 0 Å². The summed E-state index contributed by atoms with van der Waals surface area (Å²) in [6.07, 6.45) is 1.52. The molecule has 3 nitrogen and oxygen atoms in total. The second kappa shape index (κ2) is 3.28. The lowest BCUT2D eigenvalue weighted by atomic mass is 10.2. The van der Waals surface area contributed by atoms with Crippen molar-refractivity contribution < 1.29 is 4.52 Å². The van der Waals surface area contributed by atoms with Crippen LogP contribution < -0.4 is 0 Å². The summed E-state index contributed by atoms with van der Waals surface area (Å²) in [4.78, 5) is 0. The summed E-state index contributed by atoms with van der Waals surface area (Å²) in [5.74, 6) is 0. The maximum absolute atomic E-state index is 8.39. The van der Waals surface area contributed by atoms with Crippen molar-refractivity contribution in [2.24, 2.45) is 0 Å². The lowest BCUT2D eigenvalue weighted by molar-refractivity contribution is 0.561. The zero-order chi connectivity index (χ0) is 7.33. The second-order valence-electron chi connectivity index (χ2n) is 2.03. The highest BCUT2D eigenvalue weighted by Crippen LogP contribution is 2.30. The quantitative estimate of drug-likeness (QED) is 0.432. The predicted octanol–water partition coefficient (Wildman–Crippen LogP) is 1.38. The van der Waals surface area contributed by atoms with Crippen molar-refractivity contribution in [1.29, 1.82) is 10.5 Å². The molecule has 0 aliphatic heterocycles. The fraction of sp³-hybridized carbons (Fsp3) is 0.600. The van der Waals surface area contributed by atoms with Crippen LogP contribution in [0.4, 0.5) is 0 Å². The first-order valence-corrected chi connectivity index (χ1v) is 3.26. The average Bonchev–Trinajstić information content (AvgIpc) is 1.84. The van der Waals surface area contributed by atoms with Gasteiger partial charge in [-0.25, -0.2) is 0 Å². The summed E-state index contributed by atoms with van der Waals surface area (Å²) >= 11 is 0. The van der Waals surface area contributed by atoms with Gasteiger partial charge < -0.3 is 4.52 Å². The minimum Gasteiger partial charge on any atom is -0.409 e. The van der Waals surface area contributed by atoms with Gasteiger partial charge >= 0.3 is 0 Å². The molecule has 0 aromatic rings. The third kappa shape index (κ3) is 3.76. The molecule has 4 heteroatoms. The molecule has 48 valence electrons. The van der Waals surface area contributed by atoms with E-state index in [4.69, 9.17) is 10.5 Å². The lowest BCUT2D eigenvalue weighted by Gasteiger charge is -2.09. The van der Waals surface area contributed by atoms with Crippen molar-refractivity contribution in [1.82, 2.24) is 0 Å². The molecule has 0 aromatic carbocycles. The topological polar surface area (TPSA) is 56.8 Å². The molecule has 0 bridgehead atoms. The van der Waals surface area contributed by atoms with Crippen LogP contribution in [0, 0.1) is 22.8 Å². The van der Waals surface area contributed by atoms with Crippen LogP contribution >= 0.6 is 8.81 Å². The molecule has 0 spiro atoms. The van der Waals surface area contributed by atoms with Crippen LogP contribution in [0.15, 0.2) is 0 Å². The summed E-state index contributed by atoms with van der Waals surface area (Å²) in [7, 11) is -0.0633. The molecule has 9 heavy (non-hydrogen) atoms. The Morgan fingerprint density at radius 1 is 1.44 bits per heavy atom. The SMILES string of the molecule is CC(C)(C#N)POC#N. The molecule has 0 aliphatic rings. The first kappa shape index (κ1) is 8.21. The highest BCUT2D eigenvalue weighted by molar-refractivity contribution is 7.34. The van der Waals surface area contributed by atoms with E-state index >= 15 is 0 Å². The second-order valence-corrected chi connectivity index (χ2v) is 3.69. The zero-order valence-corrected chi connectivity index (χ0v) is 6.30. The van der Waals surface area contributed by atoms with Crippen molar-refractivity contribution in [3.8, 4) is 12.3 Å². The minimum atomic E-state index is -0.518. The third-order valence-corrected chi connectivity index (χ3v) is 1.45. The predicted molar refractivity (Wildman–Crippen MR) is 34.7 cm³/mol. The zero-order valence-electron chi connectivity index (χ0n) is 5.30. The highest BCUT2D eigenvalue weighted by atomic mass is 31.1. The fourth-order valence-corrected chi connectivity index (χ4v) is 0.520. The van der Waals surface area contributed by atoms with Crippen LogP contribution in [-0.2, 0) is 4.52 Å². The first-order valence-electron chi connectivity index (χ1n) is 2.36. The molecule has 0 aromatic heterocycles. The van der Waals surface area contributed by atoms with Gasteiger partial charge in [0.05, 0.1) is 6.07 Å². The Morgan fingerprint density at radius 3 is 2.33 bits per heavy atom. The van der Waals surface area contributed by atoms with E-state index < -0.39 is 5.16 Å².